The number of benzene rings is 2. The lowest BCUT2D eigenvalue weighted by Gasteiger charge is -2.27. The Morgan fingerprint density at radius 3 is 2.52 bits per heavy atom. The Bertz CT molecular complexity index is 1950. The van der Waals surface area contributed by atoms with Crippen molar-refractivity contribution in [1.29, 1.82) is 0 Å². The summed E-state index contributed by atoms with van der Waals surface area (Å²) in [6, 6.07) is 13.2. The quantitative estimate of drug-likeness (QED) is 0.197. The monoisotopic (exact) mass is 740 g/mol. The highest BCUT2D eigenvalue weighted by molar-refractivity contribution is 5.99. The Balaban J connectivity index is 1.42. The molecule has 5 rings (SSSR count). The number of methoxy groups -OCH3 is 1. The maximum Gasteiger partial charge on any atom is 0.270 e. The van der Waals surface area contributed by atoms with Gasteiger partial charge in [0.05, 0.1) is 12.8 Å². The molecular formula is C39H48N8O7. The third-order valence-corrected chi connectivity index (χ3v) is 9.10. The van der Waals surface area contributed by atoms with Gasteiger partial charge in [0.2, 0.25) is 23.5 Å². The number of carbonyl (C=O) groups is 5. The van der Waals surface area contributed by atoms with Gasteiger partial charge in [-0.15, -0.1) is 0 Å². The highest BCUT2D eigenvalue weighted by atomic mass is 16.5. The number of imidazole rings is 1. The van der Waals surface area contributed by atoms with Gasteiger partial charge in [-0.05, 0) is 67.9 Å². The van der Waals surface area contributed by atoms with E-state index in [1.807, 2.05) is 50.2 Å². The first-order valence-corrected chi connectivity index (χ1v) is 18.1. The number of hydrogen-bond donors (Lipinski definition) is 5. The highest BCUT2D eigenvalue weighted by Crippen LogP contribution is 2.28. The van der Waals surface area contributed by atoms with E-state index in [-0.39, 0.29) is 49.4 Å². The van der Waals surface area contributed by atoms with E-state index >= 15 is 0 Å². The number of hydrogen-bond acceptors (Lipinski definition) is 9. The van der Waals surface area contributed by atoms with Crippen LogP contribution >= 0.6 is 0 Å². The number of rotatable bonds is 6. The van der Waals surface area contributed by atoms with Crippen LogP contribution in [0, 0.1) is 12.8 Å². The predicted octanol–water partition coefficient (Wildman–Crippen LogP) is 2.05. The molecule has 5 N–H and O–H groups in total. The van der Waals surface area contributed by atoms with E-state index in [4.69, 9.17) is 9.47 Å². The molecule has 4 aromatic rings. The largest absolute Gasteiger partial charge is 0.493 e. The van der Waals surface area contributed by atoms with Crippen LogP contribution in [0.1, 0.15) is 60.4 Å². The Morgan fingerprint density at radius 2 is 1.76 bits per heavy atom. The summed E-state index contributed by atoms with van der Waals surface area (Å²) in [4.78, 5) is 76.7. The first-order valence-electron chi connectivity index (χ1n) is 18.1. The average Bonchev–Trinajstić information content (AvgIpc) is 3.50. The van der Waals surface area contributed by atoms with Gasteiger partial charge in [0.25, 0.3) is 11.8 Å². The van der Waals surface area contributed by atoms with Gasteiger partial charge in [-0.25, -0.2) is 9.97 Å². The molecule has 0 unspecified atom stereocenters. The average molecular weight is 741 g/mol. The van der Waals surface area contributed by atoms with Gasteiger partial charge in [0.1, 0.15) is 23.8 Å². The van der Waals surface area contributed by atoms with Crippen LogP contribution < -0.4 is 36.1 Å². The van der Waals surface area contributed by atoms with Crippen molar-refractivity contribution in [2.45, 2.75) is 71.0 Å². The molecule has 1 aliphatic heterocycles. The molecule has 5 amide bonds. The van der Waals surface area contributed by atoms with E-state index < -0.39 is 35.8 Å². The van der Waals surface area contributed by atoms with Crippen LogP contribution in [0.3, 0.4) is 0 Å². The van der Waals surface area contributed by atoms with Crippen LogP contribution in [0.4, 0.5) is 0 Å². The lowest BCUT2D eigenvalue weighted by Crippen LogP contribution is -2.58. The number of ether oxygens (including phenoxy) is 2. The molecule has 0 saturated carbocycles. The fourth-order valence-corrected chi connectivity index (χ4v) is 6.22. The molecule has 0 radical (unpaired) electrons. The van der Waals surface area contributed by atoms with Crippen LogP contribution in [-0.4, -0.2) is 88.8 Å². The topological polar surface area (TPSA) is 194 Å². The summed E-state index contributed by atoms with van der Waals surface area (Å²) in [5.41, 5.74) is 2.34. The SMILES string of the molecule is COc1ccc2cc1OCC(=O)NCCC[C@H](NC(=O)c1c(C)nc3ncccn13)C(=O)N[C@@H](Cc1ccccc1)C(=O)N[C@H](C(C)C)C(=O)NCCC2. The van der Waals surface area contributed by atoms with Gasteiger partial charge >= 0.3 is 0 Å². The molecule has 3 atom stereocenters. The molecule has 15 heteroatoms. The summed E-state index contributed by atoms with van der Waals surface area (Å²) in [6.45, 7) is 5.59. The molecule has 0 fully saturated rings. The molecule has 0 aliphatic carbocycles. The van der Waals surface area contributed by atoms with E-state index in [0.717, 1.165) is 11.1 Å². The number of aromatic nitrogens is 3. The summed E-state index contributed by atoms with van der Waals surface area (Å²) >= 11 is 0. The summed E-state index contributed by atoms with van der Waals surface area (Å²) < 4.78 is 12.8. The van der Waals surface area contributed by atoms with Gasteiger partial charge in [0.15, 0.2) is 18.1 Å². The number of nitrogens with zero attached hydrogens (tertiary/aromatic N) is 3. The highest BCUT2D eigenvalue weighted by Gasteiger charge is 2.32. The van der Waals surface area contributed by atoms with E-state index in [9.17, 15) is 24.0 Å². The first kappa shape index (κ1) is 39.2. The van der Waals surface area contributed by atoms with Crippen LogP contribution in [0.5, 0.6) is 11.5 Å². The maximum absolute atomic E-state index is 14.1. The molecule has 2 aromatic carbocycles. The fraction of sp³-hybridized carbons (Fsp3) is 0.410. The zero-order valence-corrected chi connectivity index (χ0v) is 31.0. The second-order valence-corrected chi connectivity index (χ2v) is 13.5. The first-order chi connectivity index (χ1) is 26.0. The lowest BCUT2D eigenvalue weighted by atomic mass is 10.00. The zero-order valence-electron chi connectivity index (χ0n) is 31.0. The van der Waals surface area contributed by atoms with Crippen LogP contribution in [0.15, 0.2) is 67.0 Å². The van der Waals surface area contributed by atoms with Crippen molar-refractivity contribution in [3.8, 4) is 11.5 Å². The summed E-state index contributed by atoms with van der Waals surface area (Å²) in [6.07, 6.45) is 4.96. The third-order valence-electron chi connectivity index (χ3n) is 9.10. The molecule has 1 aliphatic rings. The third kappa shape index (κ3) is 10.3. The van der Waals surface area contributed by atoms with E-state index in [0.29, 0.717) is 48.8 Å². The predicted molar refractivity (Wildman–Crippen MR) is 200 cm³/mol. The van der Waals surface area contributed by atoms with Gasteiger partial charge in [0, 0.05) is 31.9 Å². The molecule has 2 bridgehead atoms. The molecule has 15 nitrogen and oxygen atoms in total. The Labute approximate surface area is 314 Å². The maximum atomic E-state index is 14.1. The van der Waals surface area contributed by atoms with Gasteiger partial charge in [-0.2, -0.15) is 0 Å². The Hall–Kier alpha value is -5.99. The minimum Gasteiger partial charge on any atom is -0.493 e. The standard InChI is InChI=1S/C39H48N8O7/c1-24(2)33-37(51)41-18-8-13-27-15-16-30(53-4)31(22-27)54-23-32(48)40-17-9-14-28(44-38(52)34-25(3)43-39-42-19-10-20-47(34)39)35(49)45-29(36(50)46-33)21-26-11-6-5-7-12-26/h5-7,10-12,15-16,19-20,22,24,28-29,33H,8-9,13-14,17-18,21,23H2,1-4H3,(H,40,48)(H,41,51)(H,44,52)(H,45,49)(H,46,50)/t28-,29-,33+/m0/s1. The Kier molecular flexibility index (Phi) is 13.6. The van der Waals surface area contributed by atoms with E-state index in [1.165, 1.54) is 11.5 Å². The molecular weight excluding hydrogens is 692 g/mol. The van der Waals surface area contributed by atoms with Crippen LogP contribution in [0.25, 0.3) is 5.78 Å². The van der Waals surface area contributed by atoms with Gasteiger partial charge in [-0.3, -0.25) is 28.4 Å². The van der Waals surface area contributed by atoms with Crippen LogP contribution in [-0.2, 0) is 32.0 Å². The summed E-state index contributed by atoms with van der Waals surface area (Å²) in [7, 11) is 1.51. The zero-order chi connectivity index (χ0) is 38.6. The molecule has 0 saturated heterocycles. The van der Waals surface area contributed by atoms with Gasteiger partial charge in [-0.1, -0.05) is 50.2 Å². The second-order valence-electron chi connectivity index (χ2n) is 13.5. The molecule has 3 heterocycles. The summed E-state index contributed by atoms with van der Waals surface area (Å²) in [5, 5.41) is 14.3. The molecule has 2 aromatic heterocycles. The molecule has 54 heavy (non-hydrogen) atoms. The summed E-state index contributed by atoms with van der Waals surface area (Å²) in [5.74, 6) is -1.52. The minimum absolute atomic E-state index is 0.110. The molecule has 0 spiro atoms. The smallest absolute Gasteiger partial charge is 0.270 e. The lowest BCUT2D eigenvalue weighted by molar-refractivity contribution is -0.133. The van der Waals surface area contributed by atoms with Crippen molar-refractivity contribution in [3.05, 3.63) is 89.5 Å². The van der Waals surface area contributed by atoms with Crippen LogP contribution in [0.2, 0.25) is 0 Å². The second kappa shape index (κ2) is 18.7. The van der Waals surface area contributed by atoms with Crippen molar-refractivity contribution in [2.75, 3.05) is 26.8 Å². The van der Waals surface area contributed by atoms with Crippen molar-refractivity contribution < 1.29 is 33.4 Å². The fourth-order valence-electron chi connectivity index (χ4n) is 6.22. The number of aryl methyl sites for hydroxylation is 2. The van der Waals surface area contributed by atoms with Crippen molar-refractivity contribution >= 4 is 35.3 Å². The number of carbonyl (C=O) groups excluding carboxylic acids is 5. The normalized spacial score (nSPS) is 19.6. The van der Waals surface area contributed by atoms with E-state index in [1.54, 1.807) is 37.5 Å². The number of amides is 5. The van der Waals surface area contributed by atoms with Crippen molar-refractivity contribution in [2.24, 2.45) is 5.92 Å². The Morgan fingerprint density at radius 1 is 0.981 bits per heavy atom. The van der Waals surface area contributed by atoms with Crippen molar-refractivity contribution in [1.82, 2.24) is 41.0 Å². The molecule has 286 valence electrons. The van der Waals surface area contributed by atoms with Gasteiger partial charge < -0.3 is 36.1 Å². The van der Waals surface area contributed by atoms with E-state index in [2.05, 4.69) is 36.6 Å². The van der Waals surface area contributed by atoms with Crippen molar-refractivity contribution in [3.63, 3.8) is 0 Å². The minimum atomic E-state index is -1.12. The number of nitrogens with one attached hydrogen (secondary N) is 5. The number of fused-ring (bicyclic) bond motifs is 3.